The summed E-state index contributed by atoms with van der Waals surface area (Å²) in [5, 5.41) is 12.3. The number of urea groups is 1. The number of rotatable bonds is 7. The third-order valence-electron chi connectivity index (χ3n) is 4.26. The molecule has 0 fully saturated rings. The van der Waals surface area contributed by atoms with Crippen molar-refractivity contribution in [1.82, 2.24) is 15.2 Å². The number of thiazole rings is 1. The molecular weight excluding hydrogens is 350 g/mol. The number of carbonyl (C=O) groups is 2. The molecule has 1 aromatic heterocycles. The highest BCUT2D eigenvalue weighted by atomic mass is 32.1. The molecule has 0 aliphatic heterocycles. The summed E-state index contributed by atoms with van der Waals surface area (Å²) in [5.41, 5.74) is 3.20. The lowest BCUT2D eigenvalue weighted by molar-refractivity contribution is -0.137. The maximum atomic E-state index is 12.3. The van der Waals surface area contributed by atoms with E-state index in [-0.39, 0.29) is 18.5 Å². The van der Waals surface area contributed by atoms with Crippen LogP contribution in [0.1, 0.15) is 41.9 Å². The van der Waals surface area contributed by atoms with Crippen molar-refractivity contribution in [3.8, 4) is 10.6 Å². The van der Waals surface area contributed by atoms with Gasteiger partial charge in [-0.3, -0.25) is 4.79 Å². The second-order valence-corrected chi connectivity index (χ2v) is 7.38. The lowest BCUT2D eigenvalue weighted by Gasteiger charge is -2.24. The molecule has 0 bridgehead atoms. The molecule has 0 saturated carbocycles. The predicted octanol–water partition coefficient (Wildman–Crippen LogP) is 3.99. The van der Waals surface area contributed by atoms with Crippen LogP contribution in [0.25, 0.3) is 10.6 Å². The average Bonchev–Trinajstić information content (AvgIpc) is 2.99. The number of carboxylic acid groups (broad SMARTS) is 1. The fourth-order valence-electron chi connectivity index (χ4n) is 2.53. The van der Waals surface area contributed by atoms with E-state index in [9.17, 15) is 9.59 Å². The smallest absolute Gasteiger partial charge is 0.317 e. The minimum atomic E-state index is -0.857. The summed E-state index contributed by atoms with van der Waals surface area (Å²) in [5.74, 6) is -0.857. The van der Waals surface area contributed by atoms with Crippen molar-refractivity contribution in [3.05, 3.63) is 40.4 Å². The number of hydrogen-bond donors (Lipinski definition) is 2. The molecule has 0 radical (unpaired) electrons. The van der Waals surface area contributed by atoms with Gasteiger partial charge in [-0.1, -0.05) is 29.8 Å². The molecule has 1 atom stereocenters. The van der Waals surface area contributed by atoms with Gasteiger partial charge < -0.3 is 15.3 Å². The van der Waals surface area contributed by atoms with Crippen LogP contribution in [0.15, 0.2) is 24.3 Å². The van der Waals surface area contributed by atoms with E-state index in [4.69, 9.17) is 5.11 Å². The Labute approximate surface area is 157 Å². The van der Waals surface area contributed by atoms with Gasteiger partial charge in [0.05, 0.1) is 16.6 Å². The van der Waals surface area contributed by atoms with E-state index in [1.165, 1.54) is 5.56 Å². The Morgan fingerprint density at radius 3 is 2.54 bits per heavy atom. The number of amides is 2. The van der Waals surface area contributed by atoms with Crippen LogP contribution in [-0.2, 0) is 4.79 Å². The molecule has 2 aromatic rings. The van der Waals surface area contributed by atoms with Gasteiger partial charge in [0, 0.05) is 25.6 Å². The first kappa shape index (κ1) is 19.9. The van der Waals surface area contributed by atoms with Gasteiger partial charge in [0.15, 0.2) is 0 Å². The van der Waals surface area contributed by atoms with Crippen LogP contribution in [0, 0.1) is 13.8 Å². The molecule has 1 aromatic carbocycles. The molecule has 1 unspecified atom stereocenters. The number of nitrogens with one attached hydrogen (secondary N) is 1. The molecular formula is C19H25N3O3S. The van der Waals surface area contributed by atoms with Crippen LogP contribution in [0.4, 0.5) is 4.79 Å². The van der Waals surface area contributed by atoms with Gasteiger partial charge in [0.1, 0.15) is 5.01 Å². The number of benzene rings is 1. The van der Waals surface area contributed by atoms with E-state index in [0.29, 0.717) is 13.0 Å². The average molecular weight is 375 g/mol. The van der Waals surface area contributed by atoms with Crippen molar-refractivity contribution in [2.75, 3.05) is 13.6 Å². The van der Waals surface area contributed by atoms with Crippen molar-refractivity contribution >= 4 is 23.3 Å². The highest BCUT2D eigenvalue weighted by Gasteiger charge is 2.22. The third kappa shape index (κ3) is 5.05. The Kier molecular flexibility index (Phi) is 6.74. The van der Waals surface area contributed by atoms with E-state index in [0.717, 1.165) is 21.1 Å². The molecule has 6 nitrogen and oxygen atoms in total. The van der Waals surface area contributed by atoms with Crippen LogP contribution in [0.2, 0.25) is 0 Å². The van der Waals surface area contributed by atoms with E-state index in [1.54, 1.807) is 23.3 Å². The Hall–Kier alpha value is -2.41. The highest BCUT2D eigenvalue weighted by Crippen LogP contribution is 2.33. The van der Waals surface area contributed by atoms with E-state index in [2.05, 4.69) is 41.5 Å². The fraction of sp³-hybridized carbons (Fsp3) is 0.421. The second kappa shape index (κ2) is 8.80. The Morgan fingerprint density at radius 2 is 1.92 bits per heavy atom. The first-order chi connectivity index (χ1) is 12.3. The third-order valence-corrected chi connectivity index (χ3v) is 5.63. The number of aliphatic carboxylic acids is 1. The van der Waals surface area contributed by atoms with Crippen LogP contribution in [0.3, 0.4) is 0 Å². The summed E-state index contributed by atoms with van der Waals surface area (Å²) < 4.78 is 0. The van der Waals surface area contributed by atoms with E-state index in [1.807, 2.05) is 13.8 Å². The molecule has 0 aliphatic rings. The van der Waals surface area contributed by atoms with Gasteiger partial charge in [-0.25, -0.2) is 9.78 Å². The Balaban J connectivity index is 2.04. The molecule has 7 heteroatoms. The monoisotopic (exact) mass is 375 g/mol. The van der Waals surface area contributed by atoms with Gasteiger partial charge >= 0.3 is 12.0 Å². The fourth-order valence-corrected chi connectivity index (χ4v) is 3.69. The molecule has 0 spiro atoms. The standard InChI is InChI=1S/C19H25N3O3S/c1-12-7-9-15(10-8-12)18-21-13(2)17(26-18)14(3)22(4)19(25)20-11-5-6-16(23)24/h7-10,14H,5-6,11H2,1-4H3,(H,20,25)(H,23,24). The number of aryl methyl sites for hydroxylation is 2. The quantitative estimate of drug-likeness (QED) is 0.717. The summed E-state index contributed by atoms with van der Waals surface area (Å²) in [6, 6.07) is 7.90. The zero-order valence-corrected chi connectivity index (χ0v) is 16.4. The number of carbonyl (C=O) groups excluding carboxylic acids is 1. The molecule has 0 aliphatic carbocycles. The van der Waals surface area contributed by atoms with Crippen molar-refractivity contribution in [2.45, 2.75) is 39.7 Å². The van der Waals surface area contributed by atoms with E-state index < -0.39 is 5.97 Å². The maximum Gasteiger partial charge on any atom is 0.317 e. The summed E-state index contributed by atoms with van der Waals surface area (Å²) >= 11 is 1.59. The lowest BCUT2D eigenvalue weighted by atomic mass is 10.2. The molecule has 0 saturated heterocycles. The minimum absolute atomic E-state index is 0.0490. The second-order valence-electron chi connectivity index (χ2n) is 6.35. The molecule has 2 amide bonds. The number of nitrogens with zero attached hydrogens (tertiary/aromatic N) is 2. The summed E-state index contributed by atoms with van der Waals surface area (Å²) in [4.78, 5) is 30.1. The SMILES string of the molecule is Cc1ccc(-c2nc(C)c(C(C)N(C)C(=O)NCCCC(=O)O)s2)cc1. The largest absolute Gasteiger partial charge is 0.481 e. The zero-order valence-electron chi connectivity index (χ0n) is 15.6. The maximum absolute atomic E-state index is 12.3. The number of carboxylic acids is 1. The normalized spacial score (nSPS) is 11.8. The van der Waals surface area contributed by atoms with Crippen molar-refractivity contribution in [3.63, 3.8) is 0 Å². The van der Waals surface area contributed by atoms with Crippen molar-refractivity contribution in [1.29, 1.82) is 0 Å². The van der Waals surface area contributed by atoms with Crippen LogP contribution in [-0.4, -0.2) is 40.6 Å². The zero-order chi connectivity index (χ0) is 19.3. The highest BCUT2D eigenvalue weighted by molar-refractivity contribution is 7.15. The summed E-state index contributed by atoms with van der Waals surface area (Å²) in [6.45, 7) is 6.32. The summed E-state index contributed by atoms with van der Waals surface area (Å²) in [6.07, 6.45) is 0.466. The van der Waals surface area contributed by atoms with Crippen LogP contribution in [0.5, 0.6) is 0 Å². The van der Waals surface area contributed by atoms with Crippen molar-refractivity contribution < 1.29 is 14.7 Å². The molecule has 2 rings (SSSR count). The minimum Gasteiger partial charge on any atom is -0.481 e. The lowest BCUT2D eigenvalue weighted by Crippen LogP contribution is -2.39. The molecule has 140 valence electrons. The van der Waals surface area contributed by atoms with Crippen molar-refractivity contribution in [2.24, 2.45) is 0 Å². The van der Waals surface area contributed by atoms with Gasteiger partial charge in [-0.05, 0) is 27.2 Å². The van der Waals surface area contributed by atoms with Crippen LogP contribution >= 0.6 is 11.3 Å². The van der Waals surface area contributed by atoms with Crippen LogP contribution < -0.4 is 5.32 Å². The molecule has 26 heavy (non-hydrogen) atoms. The molecule has 1 heterocycles. The molecule has 2 N–H and O–H groups in total. The Morgan fingerprint density at radius 1 is 1.27 bits per heavy atom. The van der Waals surface area contributed by atoms with Gasteiger partial charge in [0.25, 0.3) is 0 Å². The first-order valence-corrected chi connectivity index (χ1v) is 9.38. The van der Waals surface area contributed by atoms with Gasteiger partial charge in [-0.15, -0.1) is 11.3 Å². The number of hydrogen-bond acceptors (Lipinski definition) is 4. The van der Waals surface area contributed by atoms with E-state index >= 15 is 0 Å². The topological polar surface area (TPSA) is 82.5 Å². The van der Waals surface area contributed by atoms with Gasteiger partial charge in [-0.2, -0.15) is 0 Å². The summed E-state index contributed by atoms with van der Waals surface area (Å²) in [7, 11) is 1.74. The number of aromatic nitrogens is 1. The van der Waals surface area contributed by atoms with Gasteiger partial charge in [0.2, 0.25) is 0 Å². The first-order valence-electron chi connectivity index (χ1n) is 8.56. The Bertz CT molecular complexity index is 771. The predicted molar refractivity (Wildman–Crippen MR) is 103 cm³/mol.